The molecule has 2 unspecified atom stereocenters. The average Bonchev–Trinajstić information content (AvgIpc) is 2.95. The summed E-state index contributed by atoms with van der Waals surface area (Å²) in [5, 5.41) is 10.3. The van der Waals surface area contributed by atoms with E-state index in [2.05, 4.69) is 15.5 Å². The minimum atomic E-state index is -0.289. The number of nitrogens with two attached hydrogens (primary N) is 1. The fourth-order valence-corrected chi connectivity index (χ4v) is 3.03. The lowest BCUT2D eigenvalue weighted by molar-refractivity contribution is 0.0924. The van der Waals surface area contributed by atoms with Crippen molar-refractivity contribution in [3.8, 4) is 0 Å². The van der Waals surface area contributed by atoms with Crippen molar-refractivity contribution in [2.24, 2.45) is 11.7 Å². The smallest absolute Gasteiger partial charge is 0.272 e. The molecule has 1 saturated carbocycles. The van der Waals surface area contributed by atoms with Crippen molar-refractivity contribution in [2.75, 3.05) is 6.54 Å². The third-order valence-corrected chi connectivity index (χ3v) is 4.19. The number of carbonyl (C=O) groups excluding carboxylic acids is 1. The molecule has 4 N–H and O–H groups in total. The zero-order chi connectivity index (χ0) is 14.8. The van der Waals surface area contributed by atoms with Crippen LogP contribution < -0.4 is 16.6 Å². The van der Waals surface area contributed by atoms with Crippen molar-refractivity contribution in [3.05, 3.63) is 40.3 Å². The van der Waals surface area contributed by atoms with Gasteiger partial charge in [0.15, 0.2) is 5.69 Å². The predicted octanol–water partition coefficient (Wildman–Crippen LogP) is 0.780. The van der Waals surface area contributed by atoms with E-state index in [1.807, 2.05) is 0 Å². The first kappa shape index (κ1) is 13.8. The number of nitrogens with zero attached hydrogens (tertiary/aromatic N) is 1. The third kappa shape index (κ3) is 2.54. The molecule has 2 atom stereocenters. The molecule has 1 heterocycles. The zero-order valence-corrected chi connectivity index (χ0v) is 11.6. The molecule has 1 aliphatic carbocycles. The van der Waals surface area contributed by atoms with Gasteiger partial charge in [-0.05, 0) is 31.4 Å². The third-order valence-electron chi connectivity index (χ3n) is 4.19. The summed E-state index contributed by atoms with van der Waals surface area (Å²) in [7, 11) is 0. The van der Waals surface area contributed by atoms with E-state index in [-0.39, 0.29) is 23.2 Å². The summed E-state index contributed by atoms with van der Waals surface area (Å²) in [6.45, 7) is 0.574. The van der Waals surface area contributed by atoms with E-state index in [9.17, 15) is 9.59 Å². The van der Waals surface area contributed by atoms with Crippen LogP contribution in [0.3, 0.4) is 0 Å². The number of aromatic nitrogens is 2. The zero-order valence-electron chi connectivity index (χ0n) is 11.6. The molecule has 2 aromatic rings. The first-order valence-electron chi connectivity index (χ1n) is 7.19. The van der Waals surface area contributed by atoms with Crippen LogP contribution in [0.1, 0.15) is 29.8 Å². The van der Waals surface area contributed by atoms with Gasteiger partial charge >= 0.3 is 0 Å². The Morgan fingerprint density at radius 1 is 1.33 bits per heavy atom. The fraction of sp³-hybridized carbons (Fsp3) is 0.400. The fourth-order valence-electron chi connectivity index (χ4n) is 3.03. The first-order valence-corrected chi connectivity index (χ1v) is 7.19. The Labute approximate surface area is 121 Å². The van der Waals surface area contributed by atoms with E-state index in [4.69, 9.17) is 5.73 Å². The van der Waals surface area contributed by atoms with Gasteiger partial charge in [-0.2, -0.15) is 5.10 Å². The molecule has 21 heavy (non-hydrogen) atoms. The Bertz CT molecular complexity index is 725. The van der Waals surface area contributed by atoms with Gasteiger partial charge in [-0.25, -0.2) is 5.10 Å². The highest BCUT2D eigenvalue weighted by molar-refractivity contribution is 6.04. The van der Waals surface area contributed by atoms with Crippen LogP contribution in [0.5, 0.6) is 0 Å². The van der Waals surface area contributed by atoms with Crippen LogP contribution in [0.4, 0.5) is 0 Å². The number of hydrogen-bond donors (Lipinski definition) is 3. The van der Waals surface area contributed by atoms with Gasteiger partial charge in [0.1, 0.15) is 0 Å². The maximum Gasteiger partial charge on any atom is 0.272 e. The summed E-state index contributed by atoms with van der Waals surface area (Å²) < 4.78 is 0. The number of aromatic amines is 1. The molecular weight excluding hydrogens is 268 g/mol. The van der Waals surface area contributed by atoms with Gasteiger partial charge in [0.05, 0.1) is 5.39 Å². The lowest BCUT2D eigenvalue weighted by Crippen LogP contribution is -2.40. The highest BCUT2D eigenvalue weighted by Crippen LogP contribution is 2.25. The molecule has 1 aliphatic rings. The summed E-state index contributed by atoms with van der Waals surface area (Å²) in [6, 6.07) is 7.07. The number of fused-ring (bicyclic) bond motifs is 1. The maximum absolute atomic E-state index is 12.5. The molecule has 6 nitrogen and oxygen atoms in total. The van der Waals surface area contributed by atoms with Gasteiger partial charge < -0.3 is 11.1 Å². The Hall–Kier alpha value is -2.21. The first-order chi connectivity index (χ1) is 10.2. The van der Waals surface area contributed by atoms with Crippen LogP contribution >= 0.6 is 0 Å². The maximum atomic E-state index is 12.5. The number of hydrogen-bond acceptors (Lipinski definition) is 4. The van der Waals surface area contributed by atoms with Crippen molar-refractivity contribution in [3.63, 3.8) is 0 Å². The molecule has 0 spiro atoms. The lowest BCUT2D eigenvalue weighted by atomic mass is 10.0. The number of rotatable bonds is 3. The molecule has 0 radical (unpaired) electrons. The monoisotopic (exact) mass is 286 g/mol. The number of amides is 1. The number of benzene rings is 1. The van der Waals surface area contributed by atoms with Crippen molar-refractivity contribution >= 4 is 16.7 Å². The van der Waals surface area contributed by atoms with Gasteiger partial charge in [0.25, 0.3) is 11.5 Å². The predicted molar refractivity (Wildman–Crippen MR) is 80.0 cm³/mol. The van der Waals surface area contributed by atoms with Crippen LogP contribution in [-0.4, -0.2) is 28.7 Å². The molecule has 0 bridgehead atoms. The molecule has 3 rings (SSSR count). The molecule has 6 heteroatoms. The Balaban J connectivity index is 1.92. The van der Waals surface area contributed by atoms with Crippen LogP contribution in [-0.2, 0) is 0 Å². The van der Waals surface area contributed by atoms with Crippen molar-refractivity contribution in [1.82, 2.24) is 15.5 Å². The summed E-state index contributed by atoms with van der Waals surface area (Å²) in [5.74, 6) is 0.0655. The molecule has 1 amide bonds. The van der Waals surface area contributed by atoms with Crippen LogP contribution in [0.25, 0.3) is 10.8 Å². The van der Waals surface area contributed by atoms with Gasteiger partial charge in [0, 0.05) is 11.4 Å². The Morgan fingerprint density at radius 3 is 2.86 bits per heavy atom. The summed E-state index contributed by atoms with van der Waals surface area (Å²) in [4.78, 5) is 24.2. The van der Waals surface area contributed by atoms with Gasteiger partial charge in [-0.3, -0.25) is 9.59 Å². The highest BCUT2D eigenvalue weighted by Gasteiger charge is 2.28. The summed E-state index contributed by atoms with van der Waals surface area (Å²) in [6.07, 6.45) is 3.06. The van der Waals surface area contributed by atoms with E-state index in [1.165, 1.54) is 0 Å². The van der Waals surface area contributed by atoms with E-state index in [0.29, 0.717) is 23.2 Å². The molecule has 110 valence electrons. The van der Waals surface area contributed by atoms with E-state index in [0.717, 1.165) is 19.3 Å². The quantitative estimate of drug-likeness (QED) is 0.776. The lowest BCUT2D eigenvalue weighted by Gasteiger charge is -2.19. The standard InChI is InChI=1S/C15H18N4O2/c16-8-9-4-3-7-12(9)17-15(21)13-10-5-1-2-6-11(10)14(20)19-18-13/h1-2,5-6,9,12H,3-4,7-8,16H2,(H,17,21)(H,19,20). The largest absolute Gasteiger partial charge is 0.348 e. The second-order valence-corrected chi connectivity index (χ2v) is 5.45. The molecule has 0 saturated heterocycles. The Morgan fingerprint density at radius 2 is 2.10 bits per heavy atom. The van der Waals surface area contributed by atoms with Gasteiger partial charge in [0.2, 0.25) is 0 Å². The second-order valence-electron chi connectivity index (χ2n) is 5.45. The molecule has 1 aromatic carbocycles. The van der Waals surface area contributed by atoms with Crippen molar-refractivity contribution in [1.29, 1.82) is 0 Å². The number of H-pyrrole nitrogens is 1. The highest BCUT2D eigenvalue weighted by atomic mass is 16.2. The minimum absolute atomic E-state index is 0.0926. The Kier molecular flexibility index (Phi) is 3.70. The number of carbonyl (C=O) groups is 1. The van der Waals surface area contributed by atoms with Gasteiger partial charge in [-0.15, -0.1) is 0 Å². The number of nitrogens with one attached hydrogen (secondary N) is 2. The SMILES string of the molecule is NCC1CCCC1NC(=O)c1n[nH]c(=O)c2ccccc12. The van der Waals surface area contributed by atoms with E-state index in [1.54, 1.807) is 24.3 Å². The second kappa shape index (κ2) is 5.65. The van der Waals surface area contributed by atoms with Gasteiger partial charge in [-0.1, -0.05) is 24.6 Å². The van der Waals surface area contributed by atoms with Crippen LogP contribution in [0.2, 0.25) is 0 Å². The van der Waals surface area contributed by atoms with Crippen LogP contribution in [0.15, 0.2) is 29.1 Å². The van der Waals surface area contributed by atoms with Crippen molar-refractivity contribution in [2.45, 2.75) is 25.3 Å². The van der Waals surface area contributed by atoms with Crippen LogP contribution in [0, 0.1) is 5.92 Å². The van der Waals surface area contributed by atoms with E-state index >= 15 is 0 Å². The minimum Gasteiger partial charge on any atom is -0.348 e. The van der Waals surface area contributed by atoms with Crippen molar-refractivity contribution < 1.29 is 4.79 Å². The molecule has 1 aromatic heterocycles. The average molecular weight is 286 g/mol. The van der Waals surface area contributed by atoms with E-state index < -0.39 is 0 Å². The summed E-state index contributed by atoms with van der Waals surface area (Å²) in [5.41, 5.74) is 5.70. The normalized spacial score (nSPS) is 21.6. The molecule has 1 fully saturated rings. The summed E-state index contributed by atoms with van der Waals surface area (Å²) >= 11 is 0. The molecular formula is C15H18N4O2. The topological polar surface area (TPSA) is 101 Å². The molecule has 0 aliphatic heterocycles.